The van der Waals surface area contributed by atoms with Crippen LogP contribution in [0, 0.1) is 0 Å². The van der Waals surface area contributed by atoms with Gasteiger partial charge in [-0.25, -0.2) is 0 Å². The number of halogens is 4. The van der Waals surface area contributed by atoms with Crippen LogP contribution in [0.15, 0.2) is 18.2 Å². The maximum absolute atomic E-state index is 12.2. The van der Waals surface area contributed by atoms with Gasteiger partial charge in [-0.2, -0.15) is 0 Å². The van der Waals surface area contributed by atoms with Gasteiger partial charge in [-0.1, -0.05) is 32.4 Å². The summed E-state index contributed by atoms with van der Waals surface area (Å²) in [5.74, 6) is -0.204. The molecule has 0 fully saturated rings. The van der Waals surface area contributed by atoms with Crippen molar-refractivity contribution in [3.05, 3.63) is 28.8 Å². The number of ether oxygens (including phenoxy) is 1. The minimum atomic E-state index is -4.69. The first-order valence-electron chi connectivity index (χ1n) is 4.65. The van der Waals surface area contributed by atoms with E-state index in [0.717, 1.165) is 0 Å². The highest BCUT2D eigenvalue weighted by Gasteiger charge is 2.33. The van der Waals surface area contributed by atoms with Gasteiger partial charge in [0.05, 0.1) is 0 Å². The SMILES string of the molecule is CC(C)(C)c1cc(Cl)ccc1OC(F)(F)F. The predicted molar refractivity (Wildman–Crippen MR) is 56.8 cm³/mol. The van der Waals surface area contributed by atoms with Crippen LogP contribution >= 0.6 is 11.6 Å². The molecule has 0 saturated heterocycles. The third-order valence-corrected chi connectivity index (χ3v) is 2.21. The van der Waals surface area contributed by atoms with E-state index < -0.39 is 11.8 Å². The first-order valence-corrected chi connectivity index (χ1v) is 5.03. The average molecular weight is 253 g/mol. The van der Waals surface area contributed by atoms with Crippen molar-refractivity contribution in [2.24, 2.45) is 0 Å². The number of hydrogen-bond acceptors (Lipinski definition) is 1. The van der Waals surface area contributed by atoms with Gasteiger partial charge in [0.2, 0.25) is 0 Å². The van der Waals surface area contributed by atoms with Crippen LogP contribution in [-0.2, 0) is 5.41 Å². The van der Waals surface area contributed by atoms with Gasteiger partial charge in [-0.05, 0) is 23.6 Å². The smallest absolute Gasteiger partial charge is 0.405 e. The van der Waals surface area contributed by atoms with Gasteiger partial charge in [-0.15, -0.1) is 13.2 Å². The predicted octanol–water partition coefficient (Wildman–Crippen LogP) is 4.54. The fraction of sp³-hybridized carbons (Fsp3) is 0.455. The lowest BCUT2D eigenvalue weighted by Gasteiger charge is -2.23. The monoisotopic (exact) mass is 252 g/mol. The molecule has 0 aliphatic rings. The summed E-state index contributed by atoms with van der Waals surface area (Å²) in [4.78, 5) is 0. The summed E-state index contributed by atoms with van der Waals surface area (Å²) in [6, 6.07) is 4.09. The minimum Gasteiger partial charge on any atom is -0.405 e. The van der Waals surface area contributed by atoms with Crippen LogP contribution in [0.2, 0.25) is 5.02 Å². The first kappa shape index (κ1) is 13.2. The fourth-order valence-electron chi connectivity index (χ4n) is 1.30. The van der Waals surface area contributed by atoms with Crippen LogP contribution in [0.4, 0.5) is 13.2 Å². The molecule has 1 rings (SSSR count). The van der Waals surface area contributed by atoms with Crippen molar-refractivity contribution < 1.29 is 17.9 Å². The van der Waals surface area contributed by atoms with Gasteiger partial charge in [0.25, 0.3) is 0 Å². The van der Waals surface area contributed by atoms with E-state index in [1.54, 1.807) is 20.8 Å². The molecule has 0 heterocycles. The molecule has 90 valence electrons. The van der Waals surface area contributed by atoms with Crippen LogP contribution in [0.25, 0.3) is 0 Å². The summed E-state index contributed by atoms with van der Waals surface area (Å²) in [6.07, 6.45) is -4.69. The first-order chi connectivity index (χ1) is 7.09. The molecule has 0 bridgehead atoms. The highest BCUT2D eigenvalue weighted by Crippen LogP contribution is 2.36. The molecule has 0 atom stereocenters. The van der Waals surface area contributed by atoms with E-state index in [1.165, 1.54) is 18.2 Å². The number of rotatable bonds is 1. The summed E-state index contributed by atoms with van der Waals surface area (Å²) in [7, 11) is 0. The molecule has 0 N–H and O–H groups in total. The Morgan fingerprint density at radius 1 is 1.12 bits per heavy atom. The van der Waals surface area contributed by atoms with Crippen molar-refractivity contribution in [3.8, 4) is 5.75 Å². The van der Waals surface area contributed by atoms with Crippen molar-refractivity contribution in [1.82, 2.24) is 0 Å². The molecule has 1 nitrogen and oxygen atoms in total. The molecule has 16 heavy (non-hydrogen) atoms. The Balaban J connectivity index is 3.19. The summed E-state index contributed by atoms with van der Waals surface area (Å²) < 4.78 is 40.4. The topological polar surface area (TPSA) is 9.23 Å². The lowest BCUT2D eigenvalue weighted by molar-refractivity contribution is -0.275. The molecular weight excluding hydrogens is 241 g/mol. The molecule has 1 aromatic carbocycles. The molecule has 0 aliphatic carbocycles. The molecule has 5 heteroatoms. The summed E-state index contributed by atoms with van der Waals surface area (Å²) in [6.45, 7) is 5.38. The van der Waals surface area contributed by atoms with Crippen LogP contribution < -0.4 is 4.74 Å². The van der Waals surface area contributed by atoms with E-state index in [2.05, 4.69) is 4.74 Å². The van der Waals surface area contributed by atoms with Gasteiger partial charge in [-0.3, -0.25) is 0 Å². The second-order valence-corrected chi connectivity index (χ2v) is 4.87. The van der Waals surface area contributed by atoms with Gasteiger partial charge < -0.3 is 4.74 Å². The van der Waals surface area contributed by atoms with Crippen molar-refractivity contribution in [1.29, 1.82) is 0 Å². The third kappa shape index (κ3) is 3.59. The van der Waals surface area contributed by atoms with Gasteiger partial charge in [0.15, 0.2) is 0 Å². The number of hydrogen-bond donors (Lipinski definition) is 0. The Morgan fingerprint density at radius 2 is 1.69 bits per heavy atom. The van der Waals surface area contributed by atoms with Crippen molar-refractivity contribution >= 4 is 11.6 Å². The summed E-state index contributed by atoms with van der Waals surface area (Å²) in [5.41, 5.74) is -0.0387. The molecule has 0 aromatic heterocycles. The van der Waals surface area contributed by atoms with Crippen molar-refractivity contribution in [3.63, 3.8) is 0 Å². The Labute approximate surface area is 97.2 Å². The zero-order valence-corrected chi connectivity index (χ0v) is 9.91. The number of benzene rings is 1. The van der Waals surface area contributed by atoms with Gasteiger partial charge in [0.1, 0.15) is 5.75 Å². The average Bonchev–Trinajstić information content (AvgIpc) is 2.04. The Bertz CT molecular complexity index is 380. The molecule has 0 spiro atoms. The fourth-order valence-corrected chi connectivity index (χ4v) is 1.47. The van der Waals surface area contributed by atoms with Crippen LogP contribution in [-0.4, -0.2) is 6.36 Å². The zero-order chi connectivity index (χ0) is 12.6. The van der Waals surface area contributed by atoms with E-state index in [1.807, 2.05) is 0 Å². The lowest BCUT2D eigenvalue weighted by atomic mass is 9.86. The Kier molecular flexibility index (Phi) is 3.43. The molecule has 0 aliphatic heterocycles. The van der Waals surface area contributed by atoms with E-state index in [4.69, 9.17) is 11.6 Å². The second kappa shape index (κ2) is 4.17. The standard InChI is InChI=1S/C11H12ClF3O/c1-10(2,3)8-6-7(12)4-5-9(8)16-11(13,14)15/h4-6H,1-3H3. The highest BCUT2D eigenvalue weighted by molar-refractivity contribution is 6.30. The van der Waals surface area contributed by atoms with Crippen LogP contribution in [0.5, 0.6) is 5.75 Å². The Hall–Kier alpha value is -0.900. The lowest BCUT2D eigenvalue weighted by Crippen LogP contribution is -2.21. The van der Waals surface area contributed by atoms with Crippen molar-refractivity contribution in [2.45, 2.75) is 32.5 Å². The zero-order valence-electron chi connectivity index (χ0n) is 9.15. The molecular formula is C11H12ClF3O. The molecule has 0 saturated carbocycles. The summed E-state index contributed by atoms with van der Waals surface area (Å²) >= 11 is 5.76. The van der Waals surface area contributed by atoms with E-state index in [9.17, 15) is 13.2 Å². The normalized spacial score (nSPS) is 12.7. The molecule has 0 unspecified atom stereocenters. The summed E-state index contributed by atoms with van der Waals surface area (Å²) in [5, 5.41) is 0.388. The second-order valence-electron chi connectivity index (χ2n) is 4.44. The maximum atomic E-state index is 12.2. The third-order valence-electron chi connectivity index (χ3n) is 1.98. The van der Waals surface area contributed by atoms with E-state index >= 15 is 0 Å². The Morgan fingerprint density at radius 3 is 2.12 bits per heavy atom. The quantitative estimate of drug-likeness (QED) is 0.713. The number of alkyl halides is 3. The minimum absolute atomic E-state index is 0.204. The highest BCUT2D eigenvalue weighted by atomic mass is 35.5. The van der Waals surface area contributed by atoms with Crippen LogP contribution in [0.3, 0.4) is 0 Å². The van der Waals surface area contributed by atoms with Gasteiger partial charge in [0, 0.05) is 10.6 Å². The van der Waals surface area contributed by atoms with Crippen LogP contribution in [0.1, 0.15) is 26.3 Å². The molecule has 0 radical (unpaired) electrons. The molecule has 0 amide bonds. The maximum Gasteiger partial charge on any atom is 0.573 e. The van der Waals surface area contributed by atoms with Gasteiger partial charge >= 0.3 is 6.36 Å². The largest absolute Gasteiger partial charge is 0.573 e. The van der Waals surface area contributed by atoms with E-state index in [-0.39, 0.29) is 5.75 Å². The van der Waals surface area contributed by atoms with Crippen molar-refractivity contribution in [2.75, 3.05) is 0 Å². The van der Waals surface area contributed by atoms with E-state index in [0.29, 0.717) is 10.6 Å². The molecule has 1 aromatic rings.